The van der Waals surface area contributed by atoms with Crippen molar-refractivity contribution >= 4 is 28.5 Å². The second-order valence-electron chi connectivity index (χ2n) is 11.5. The van der Waals surface area contributed by atoms with Crippen LogP contribution in [0.1, 0.15) is 56.6 Å². The first-order valence-corrected chi connectivity index (χ1v) is 14.6. The Hall–Kier alpha value is -3.41. The fourth-order valence-corrected chi connectivity index (χ4v) is 6.17. The van der Waals surface area contributed by atoms with Gasteiger partial charge in [0.1, 0.15) is 11.5 Å². The Labute approximate surface area is 249 Å². The molecular weight excluding hydrogens is 556 g/mol. The summed E-state index contributed by atoms with van der Waals surface area (Å²) in [5.41, 5.74) is 4.81. The summed E-state index contributed by atoms with van der Waals surface area (Å²) >= 11 is 6.40. The van der Waals surface area contributed by atoms with Crippen molar-refractivity contribution < 1.29 is 19.8 Å². The monoisotopic (exact) mass is 590 g/mol. The predicted octanol–water partition coefficient (Wildman–Crippen LogP) is 4.80. The van der Waals surface area contributed by atoms with Gasteiger partial charge in [-0.25, -0.2) is 25.3 Å². The third-order valence-electron chi connectivity index (χ3n) is 8.16. The maximum atomic E-state index is 12.4. The second kappa shape index (κ2) is 11.3. The molecule has 2 aliphatic rings. The summed E-state index contributed by atoms with van der Waals surface area (Å²) in [6, 6.07) is 13.0. The molecule has 1 saturated carbocycles. The molecule has 1 aliphatic heterocycles. The van der Waals surface area contributed by atoms with E-state index in [1.165, 1.54) is 6.92 Å². The van der Waals surface area contributed by atoms with Gasteiger partial charge in [-0.1, -0.05) is 61.7 Å². The van der Waals surface area contributed by atoms with Crippen LogP contribution in [-0.2, 0) is 21.7 Å². The molecule has 11 heteroatoms. The van der Waals surface area contributed by atoms with Crippen molar-refractivity contribution in [1.82, 2.24) is 25.0 Å². The van der Waals surface area contributed by atoms with E-state index in [2.05, 4.69) is 26.9 Å². The van der Waals surface area contributed by atoms with Crippen LogP contribution < -0.4 is 5.48 Å². The maximum Gasteiger partial charge on any atom is 0.288 e. The Kier molecular flexibility index (Phi) is 7.75. The third-order valence-corrected chi connectivity index (χ3v) is 8.36. The van der Waals surface area contributed by atoms with Gasteiger partial charge in [-0.3, -0.25) is 4.98 Å². The van der Waals surface area contributed by atoms with Crippen molar-refractivity contribution in [3.63, 3.8) is 0 Å². The first-order valence-electron chi connectivity index (χ1n) is 14.2. The van der Waals surface area contributed by atoms with Crippen LogP contribution in [0.5, 0.6) is 0 Å². The van der Waals surface area contributed by atoms with E-state index in [1.54, 1.807) is 31.6 Å². The van der Waals surface area contributed by atoms with Crippen molar-refractivity contribution in [3.8, 4) is 11.3 Å². The molecule has 1 fully saturated rings. The number of hydrogen-bond donors (Lipinski definition) is 3. The number of aliphatic hydroxyl groups is 2. The zero-order valence-corrected chi connectivity index (χ0v) is 24.7. The molecule has 0 spiro atoms. The largest absolute Gasteiger partial charge is 0.381 e. The van der Waals surface area contributed by atoms with Crippen LogP contribution in [0.25, 0.3) is 22.3 Å². The van der Waals surface area contributed by atoms with Crippen LogP contribution in [0.2, 0.25) is 5.02 Å². The minimum absolute atomic E-state index is 0.00134. The number of pyridine rings is 2. The summed E-state index contributed by atoms with van der Waals surface area (Å²) in [5, 5.41) is 23.2. The smallest absolute Gasteiger partial charge is 0.288 e. The van der Waals surface area contributed by atoms with Gasteiger partial charge in [-0.05, 0) is 42.4 Å². The zero-order chi connectivity index (χ0) is 29.5. The number of ether oxygens (including phenoxy) is 1. The predicted molar refractivity (Wildman–Crippen MR) is 160 cm³/mol. The summed E-state index contributed by atoms with van der Waals surface area (Å²) in [6.45, 7) is 4.38. The van der Waals surface area contributed by atoms with Crippen LogP contribution in [0, 0.1) is 11.8 Å². The number of fused-ring (bicyclic) bond motifs is 1. The lowest BCUT2D eigenvalue weighted by Crippen LogP contribution is -2.36. The van der Waals surface area contributed by atoms with Gasteiger partial charge < -0.3 is 19.5 Å². The lowest BCUT2D eigenvalue weighted by molar-refractivity contribution is -0.190. The van der Waals surface area contributed by atoms with Gasteiger partial charge >= 0.3 is 0 Å². The second-order valence-corrected chi connectivity index (χ2v) is 12.0. The van der Waals surface area contributed by atoms with Gasteiger partial charge in [0.15, 0.2) is 11.4 Å². The Morgan fingerprint density at radius 1 is 1.14 bits per heavy atom. The summed E-state index contributed by atoms with van der Waals surface area (Å²) in [7, 11) is 1.57. The lowest BCUT2D eigenvalue weighted by atomic mass is 9.83. The average molecular weight is 591 g/mol. The molecule has 0 bridgehead atoms. The van der Waals surface area contributed by atoms with Crippen molar-refractivity contribution in [2.45, 2.75) is 57.6 Å². The van der Waals surface area contributed by atoms with E-state index < -0.39 is 11.5 Å². The van der Waals surface area contributed by atoms with Crippen LogP contribution in [0.3, 0.4) is 0 Å². The number of methoxy groups -OCH3 is 1. The first-order chi connectivity index (χ1) is 20.2. The molecule has 10 nitrogen and oxygen atoms in total. The van der Waals surface area contributed by atoms with Gasteiger partial charge in [0.2, 0.25) is 0 Å². The van der Waals surface area contributed by atoms with Crippen molar-refractivity contribution in [1.29, 1.82) is 0 Å². The molecule has 4 aromatic rings. The standard InChI is InChI=1S/C31H35ClN6O4/c1-19-9-11-20(12-10-19)17-38-27-24(35-29(38)31(40,18-41-3)22-7-5-4-6-8-22)14-25(28-36-30(2,39)42-37-28)34-26(27)21-13-23(32)16-33-15-21/h4-8,13-16,19-20,39-40H,9-12,17-18H2,1-3H3,(H,36,37). The molecule has 3 N–H and O–H groups in total. The van der Waals surface area contributed by atoms with Crippen LogP contribution in [0.15, 0.2) is 59.9 Å². The van der Waals surface area contributed by atoms with Crippen molar-refractivity contribution in [2.75, 3.05) is 13.7 Å². The molecule has 3 aromatic heterocycles. The average Bonchev–Trinajstić information content (AvgIpc) is 3.54. The molecule has 4 heterocycles. The number of aromatic nitrogens is 4. The number of amidine groups is 1. The zero-order valence-electron chi connectivity index (χ0n) is 23.9. The SMILES string of the molecule is COCC(O)(c1ccccc1)c1nc2cc(C3=NC(C)(O)ON3)nc(-c3cncc(Cl)c3)c2n1CC1CCC(C)CC1. The normalized spacial score (nSPS) is 23.9. The maximum absolute atomic E-state index is 12.4. The highest BCUT2D eigenvalue weighted by molar-refractivity contribution is 6.30. The van der Waals surface area contributed by atoms with E-state index in [1.807, 2.05) is 30.3 Å². The number of rotatable bonds is 8. The first kappa shape index (κ1) is 28.7. The molecule has 42 heavy (non-hydrogen) atoms. The number of hydrogen-bond acceptors (Lipinski definition) is 9. The summed E-state index contributed by atoms with van der Waals surface area (Å²) in [5.74, 6) is 0.0775. The fourth-order valence-electron chi connectivity index (χ4n) is 5.99. The Morgan fingerprint density at radius 3 is 2.57 bits per heavy atom. The quantitative estimate of drug-likeness (QED) is 0.267. The molecule has 1 aliphatic carbocycles. The topological polar surface area (TPSA) is 127 Å². The van der Waals surface area contributed by atoms with E-state index in [0.717, 1.165) is 31.2 Å². The van der Waals surface area contributed by atoms with Crippen molar-refractivity contribution in [3.05, 3.63) is 77.0 Å². The minimum Gasteiger partial charge on any atom is -0.381 e. The summed E-state index contributed by atoms with van der Waals surface area (Å²) < 4.78 is 7.71. The molecule has 220 valence electrons. The molecule has 2 atom stereocenters. The van der Waals surface area contributed by atoms with E-state index >= 15 is 0 Å². The Morgan fingerprint density at radius 2 is 1.90 bits per heavy atom. The van der Waals surface area contributed by atoms with Gasteiger partial charge in [-0.2, -0.15) is 0 Å². The molecule has 1 aromatic carbocycles. The van der Waals surface area contributed by atoms with E-state index in [9.17, 15) is 10.2 Å². The highest BCUT2D eigenvalue weighted by Gasteiger charge is 2.39. The number of nitrogens with one attached hydrogen (secondary N) is 1. The van der Waals surface area contributed by atoms with E-state index in [4.69, 9.17) is 31.1 Å². The van der Waals surface area contributed by atoms with Gasteiger partial charge in [0, 0.05) is 38.5 Å². The third kappa shape index (κ3) is 5.52. The molecule has 0 amide bonds. The number of benzene rings is 1. The molecule has 2 unspecified atom stereocenters. The van der Waals surface area contributed by atoms with E-state index in [-0.39, 0.29) is 12.4 Å². The van der Waals surface area contributed by atoms with Crippen LogP contribution in [-0.4, -0.2) is 55.2 Å². The van der Waals surface area contributed by atoms with Crippen molar-refractivity contribution in [2.24, 2.45) is 16.8 Å². The molecular formula is C31H35ClN6O4. The van der Waals surface area contributed by atoms with Crippen LogP contribution in [0.4, 0.5) is 0 Å². The highest BCUT2D eigenvalue weighted by Crippen LogP contribution is 2.38. The number of halogens is 1. The molecule has 6 rings (SSSR count). The Balaban J connectivity index is 1.63. The number of nitrogens with zero attached hydrogens (tertiary/aromatic N) is 5. The minimum atomic E-state index is -1.74. The summed E-state index contributed by atoms with van der Waals surface area (Å²) in [6.07, 6.45) is 7.76. The van der Waals surface area contributed by atoms with Gasteiger partial charge in [-0.15, -0.1) is 0 Å². The van der Waals surface area contributed by atoms with E-state index in [0.29, 0.717) is 57.3 Å². The molecule has 0 radical (unpaired) electrons. The van der Waals surface area contributed by atoms with Gasteiger partial charge in [0.05, 0.1) is 28.4 Å². The summed E-state index contributed by atoms with van der Waals surface area (Å²) in [4.78, 5) is 23.8. The fraction of sp³-hybridized carbons (Fsp3) is 0.419. The lowest BCUT2D eigenvalue weighted by Gasteiger charge is -2.31. The van der Waals surface area contributed by atoms with Gasteiger partial charge in [0.25, 0.3) is 5.91 Å². The number of imidazole rings is 1. The highest BCUT2D eigenvalue weighted by atomic mass is 35.5. The molecule has 0 saturated heterocycles. The Bertz CT molecular complexity index is 1620. The van der Waals surface area contributed by atoms with Crippen LogP contribution >= 0.6 is 11.6 Å². The number of hydroxylamine groups is 1. The number of aliphatic imine (C=N–C) groups is 1.